The molecule has 4 saturated carbocycles. The van der Waals surface area contributed by atoms with Crippen molar-refractivity contribution in [3.05, 3.63) is 0 Å². The van der Waals surface area contributed by atoms with Crippen LogP contribution in [0.5, 0.6) is 0 Å². The predicted molar refractivity (Wildman–Crippen MR) is 130 cm³/mol. The largest absolute Gasteiger partial charge is 1.00 e. The molecule has 1 amide bonds. The second kappa shape index (κ2) is 11.4. The third-order valence-electron chi connectivity index (χ3n) is 11.0. The third kappa shape index (κ3) is 5.74. The SMILES string of the molecule is C[C@H](CCC(=O)[15NH][13CH2][13CH2]S(=O)(=O)[O-])[C@H]1CC[C@H]2[C@@H]3[C@H](O)C[C@@H]4C[C@H](O)CC[C@]4(C)[C@H]3C[C@H](O)[C@]12C.[Na+]. The van der Waals surface area contributed by atoms with E-state index >= 15 is 0 Å². The monoisotopic (exact) mass is 540 g/mol. The van der Waals surface area contributed by atoms with Gasteiger partial charge in [-0.3, -0.25) is 4.79 Å². The van der Waals surface area contributed by atoms with Crippen LogP contribution in [-0.4, -0.2) is 64.8 Å². The van der Waals surface area contributed by atoms with Gasteiger partial charge >= 0.3 is 29.6 Å². The van der Waals surface area contributed by atoms with Gasteiger partial charge in [0.15, 0.2) is 0 Å². The van der Waals surface area contributed by atoms with Crippen molar-refractivity contribution in [1.82, 2.24) is 5.32 Å². The van der Waals surface area contributed by atoms with E-state index in [1.54, 1.807) is 0 Å². The molecule has 4 aliphatic rings. The van der Waals surface area contributed by atoms with Gasteiger partial charge in [-0.15, -0.1) is 0 Å². The minimum atomic E-state index is -4.35. The fourth-order valence-electron chi connectivity index (χ4n) is 9.10. The van der Waals surface area contributed by atoms with Gasteiger partial charge in [0.2, 0.25) is 5.91 Å². The molecule has 8 nitrogen and oxygen atoms in total. The van der Waals surface area contributed by atoms with E-state index in [0.717, 1.165) is 38.5 Å². The molecule has 0 heterocycles. The Kier molecular flexibility index (Phi) is 9.75. The molecule has 0 saturated heterocycles. The number of amides is 1. The van der Waals surface area contributed by atoms with Gasteiger partial charge in [-0.25, -0.2) is 8.42 Å². The molecule has 0 aromatic carbocycles. The summed E-state index contributed by atoms with van der Waals surface area (Å²) in [4.78, 5) is 12.2. The van der Waals surface area contributed by atoms with Crippen LogP contribution in [-0.2, 0) is 14.9 Å². The van der Waals surface area contributed by atoms with Crippen LogP contribution in [0, 0.1) is 46.3 Å². The standard InChI is InChI=1S/C26H45NO7S.Na/c1-15(4-7-23(31)27-10-11-35(32,33)34)18-5-6-19-24-20(14-22(30)26(18,19)3)25(2)9-8-17(28)12-16(25)13-21(24)29;/h15-22,24,28-30H,4-14H2,1-3H3,(H,27,31)(H,32,33,34);/q;+1/p-1/t15-,16+,17-,18-,19+,20+,21-,22+,24+,25+,26-;/m1./s1/i10+1,11+1,27+1;. The van der Waals surface area contributed by atoms with Gasteiger partial charge in [-0.2, -0.15) is 0 Å². The molecule has 0 unspecified atom stereocenters. The molecule has 202 valence electrons. The average molecular weight is 541 g/mol. The van der Waals surface area contributed by atoms with Gasteiger partial charge in [0, 0.05) is 13.0 Å². The van der Waals surface area contributed by atoms with E-state index in [2.05, 4.69) is 26.1 Å². The molecule has 0 radical (unpaired) electrons. The fourth-order valence-corrected chi connectivity index (χ4v) is 9.45. The molecule has 36 heavy (non-hydrogen) atoms. The average Bonchev–Trinajstić information content (AvgIpc) is 3.12. The van der Waals surface area contributed by atoms with Crippen LogP contribution in [0.25, 0.3) is 0 Å². The number of carbonyl (C=O) groups excluding carboxylic acids is 1. The first-order valence-corrected chi connectivity index (χ1v) is 15.1. The molecule has 0 spiro atoms. The number of hydrogen-bond donors (Lipinski definition) is 4. The summed E-state index contributed by atoms with van der Waals surface area (Å²) in [6.45, 7) is 6.48. The molecule has 0 aromatic rings. The molecule has 10 heteroatoms. The minimum absolute atomic E-state index is 0. The van der Waals surface area contributed by atoms with E-state index in [1.165, 1.54) is 0 Å². The van der Waals surface area contributed by atoms with E-state index < -0.39 is 28.1 Å². The van der Waals surface area contributed by atoms with E-state index in [0.29, 0.717) is 18.8 Å². The number of carbonyl (C=O) groups is 1. The molecule has 4 fully saturated rings. The van der Waals surface area contributed by atoms with E-state index in [-0.39, 0.29) is 95.0 Å². The second-order valence-electron chi connectivity index (χ2n) is 12.7. The maximum absolute atomic E-state index is 12.2. The van der Waals surface area contributed by atoms with Gasteiger partial charge in [0.25, 0.3) is 0 Å². The smallest absolute Gasteiger partial charge is 0.748 e. The van der Waals surface area contributed by atoms with Crippen LogP contribution in [0.4, 0.5) is 0 Å². The van der Waals surface area contributed by atoms with Crippen molar-refractivity contribution in [3.63, 3.8) is 0 Å². The summed E-state index contributed by atoms with van der Waals surface area (Å²) in [7, 11) is -4.35. The summed E-state index contributed by atoms with van der Waals surface area (Å²) < 4.78 is 32.2. The topological polar surface area (TPSA) is 147 Å². The molecular weight excluding hydrogens is 496 g/mol. The molecule has 4 N–H and O–H groups in total. The molecule has 0 aromatic heterocycles. The first kappa shape index (κ1) is 30.8. The molecule has 0 bridgehead atoms. The zero-order valence-electron chi connectivity index (χ0n) is 22.4. The molecular formula is C26H44NNaO7S. The Hall–Kier alpha value is 0.260. The quantitative estimate of drug-likeness (QED) is 0.141. The summed E-state index contributed by atoms with van der Waals surface area (Å²) in [5, 5.41) is 35.7. The Bertz CT molecular complexity index is 903. The fraction of sp³-hybridized carbons (Fsp3) is 0.962. The van der Waals surface area contributed by atoms with Gasteiger partial charge in [0.05, 0.1) is 34.2 Å². The number of fused-ring (bicyclic) bond motifs is 5. The summed E-state index contributed by atoms with van der Waals surface area (Å²) in [5.41, 5.74) is -0.267. The summed E-state index contributed by atoms with van der Waals surface area (Å²) in [5.74, 6) is 0.522. The van der Waals surface area contributed by atoms with Gasteiger partial charge < -0.3 is 25.2 Å². The van der Waals surface area contributed by atoms with Crippen LogP contribution < -0.4 is 34.9 Å². The Morgan fingerprint density at radius 2 is 1.78 bits per heavy atom. The van der Waals surface area contributed by atoms with Crippen LogP contribution in [0.1, 0.15) is 78.6 Å². The Balaban J connectivity index is 0.00000361. The minimum Gasteiger partial charge on any atom is -0.748 e. The number of aliphatic hydroxyl groups is 3. The third-order valence-corrected chi connectivity index (χ3v) is 11.7. The van der Waals surface area contributed by atoms with Crippen molar-refractivity contribution in [2.75, 3.05) is 12.3 Å². The molecule has 0 aliphatic heterocycles. The summed E-state index contributed by atoms with van der Waals surface area (Å²) in [6, 6.07) is 0. The van der Waals surface area contributed by atoms with Crippen molar-refractivity contribution < 1.29 is 62.6 Å². The van der Waals surface area contributed by atoms with Crippen molar-refractivity contribution in [2.45, 2.75) is 96.9 Å². The van der Waals surface area contributed by atoms with Crippen LogP contribution >= 0.6 is 0 Å². The number of nitrogens with one attached hydrogen (secondary N) is 1. The van der Waals surface area contributed by atoms with E-state index in [4.69, 9.17) is 0 Å². The first-order valence-electron chi connectivity index (χ1n) is 13.5. The normalized spacial score (nSPS) is 45.0. The maximum Gasteiger partial charge on any atom is 1.00 e. The van der Waals surface area contributed by atoms with Crippen LogP contribution in [0.15, 0.2) is 0 Å². The first-order chi connectivity index (χ1) is 16.3. The number of rotatable bonds is 7. The second-order valence-corrected chi connectivity index (χ2v) is 14.2. The molecule has 4 rings (SSSR count). The van der Waals surface area contributed by atoms with Crippen LogP contribution in [0.3, 0.4) is 0 Å². The maximum atomic E-state index is 12.2. The Labute approximate surface area is 238 Å². The Morgan fingerprint density at radius 1 is 1.08 bits per heavy atom. The van der Waals surface area contributed by atoms with Crippen LogP contribution in [0.2, 0.25) is 0 Å². The van der Waals surface area contributed by atoms with Crippen molar-refractivity contribution >= 4 is 16.0 Å². The predicted octanol–water partition coefficient (Wildman–Crippen LogP) is -0.970. The van der Waals surface area contributed by atoms with E-state index in [9.17, 15) is 33.1 Å². The number of hydrogen-bond acceptors (Lipinski definition) is 7. The van der Waals surface area contributed by atoms with Gasteiger partial charge in [0.1, 0.15) is 0 Å². The van der Waals surface area contributed by atoms with E-state index in [1.807, 2.05) is 0 Å². The zero-order chi connectivity index (χ0) is 25.8. The molecule has 4 aliphatic carbocycles. The number of aliphatic hydroxyl groups excluding tert-OH is 3. The van der Waals surface area contributed by atoms with Crippen molar-refractivity contribution in [3.8, 4) is 0 Å². The van der Waals surface area contributed by atoms with Crippen molar-refractivity contribution in [1.29, 1.82) is 0 Å². The molecule has 11 atom stereocenters. The zero-order valence-corrected chi connectivity index (χ0v) is 25.2. The van der Waals surface area contributed by atoms with Gasteiger partial charge in [-0.05, 0) is 97.7 Å². The van der Waals surface area contributed by atoms with Crippen molar-refractivity contribution in [2.24, 2.45) is 46.3 Å². The van der Waals surface area contributed by atoms with Gasteiger partial charge in [-0.1, -0.05) is 20.8 Å². The summed E-state index contributed by atoms with van der Waals surface area (Å²) in [6.07, 6.45) is 5.58. The Morgan fingerprint density at radius 3 is 2.44 bits per heavy atom. The summed E-state index contributed by atoms with van der Waals surface area (Å²) >= 11 is 0.